The molecule has 0 aliphatic rings. The fraction of sp³-hybridized carbons (Fsp3) is 0.714. The Morgan fingerprint density at radius 2 is 1.45 bits per heavy atom. The van der Waals surface area contributed by atoms with Crippen molar-refractivity contribution in [2.75, 3.05) is 7.11 Å². The van der Waals surface area contributed by atoms with Gasteiger partial charge in [0.05, 0.1) is 5.60 Å². The zero-order chi connectivity index (χ0) is 16.5. The fourth-order valence-electron chi connectivity index (χ4n) is 3.87. The van der Waals surface area contributed by atoms with Crippen LogP contribution < -0.4 is 0 Å². The molecular weight excluding hydrogens is 268 g/mol. The van der Waals surface area contributed by atoms with Gasteiger partial charge in [0.25, 0.3) is 0 Å². The Balaban J connectivity index is 2.72. The predicted octanol–water partition coefficient (Wildman–Crippen LogP) is 6.72. The molecule has 1 aromatic carbocycles. The standard InChI is InChI=1S/C21H36O/c1-6-8-9-10-11-15-18-20(3,4)21(7-2,22-5)19-16-13-12-14-17-19/h12-14,16-17H,6-11,15,18H2,1-5H3. The van der Waals surface area contributed by atoms with Gasteiger partial charge in [0.15, 0.2) is 0 Å². The molecule has 0 N–H and O–H groups in total. The molecule has 126 valence electrons. The van der Waals surface area contributed by atoms with Crippen molar-refractivity contribution in [2.45, 2.75) is 84.7 Å². The van der Waals surface area contributed by atoms with E-state index in [2.05, 4.69) is 58.0 Å². The van der Waals surface area contributed by atoms with Gasteiger partial charge in [-0.05, 0) is 23.8 Å². The van der Waals surface area contributed by atoms with Gasteiger partial charge in [-0.15, -0.1) is 0 Å². The maximum absolute atomic E-state index is 6.13. The van der Waals surface area contributed by atoms with E-state index >= 15 is 0 Å². The second-order valence-corrected chi connectivity index (χ2v) is 7.15. The van der Waals surface area contributed by atoms with E-state index in [-0.39, 0.29) is 11.0 Å². The molecule has 1 rings (SSSR count). The number of rotatable bonds is 11. The lowest BCUT2D eigenvalue weighted by atomic mass is 9.66. The highest BCUT2D eigenvalue weighted by atomic mass is 16.5. The summed E-state index contributed by atoms with van der Waals surface area (Å²) in [6.07, 6.45) is 10.3. The second kappa shape index (κ2) is 9.35. The number of ether oxygens (including phenoxy) is 1. The van der Waals surface area contributed by atoms with Crippen LogP contribution in [0.2, 0.25) is 0 Å². The number of hydrogen-bond donors (Lipinski definition) is 0. The van der Waals surface area contributed by atoms with Gasteiger partial charge >= 0.3 is 0 Å². The first-order valence-electron chi connectivity index (χ1n) is 9.14. The number of benzene rings is 1. The summed E-state index contributed by atoms with van der Waals surface area (Å²) in [6.45, 7) is 9.27. The van der Waals surface area contributed by atoms with Crippen molar-refractivity contribution in [2.24, 2.45) is 5.41 Å². The van der Waals surface area contributed by atoms with Crippen molar-refractivity contribution >= 4 is 0 Å². The van der Waals surface area contributed by atoms with Gasteiger partial charge in [-0.2, -0.15) is 0 Å². The van der Waals surface area contributed by atoms with Gasteiger partial charge in [0.1, 0.15) is 0 Å². The molecule has 0 saturated carbocycles. The van der Waals surface area contributed by atoms with E-state index in [1.165, 1.54) is 50.5 Å². The van der Waals surface area contributed by atoms with Crippen molar-refractivity contribution in [3.05, 3.63) is 35.9 Å². The third kappa shape index (κ3) is 4.59. The topological polar surface area (TPSA) is 9.23 Å². The number of methoxy groups -OCH3 is 1. The first kappa shape index (κ1) is 19.2. The molecule has 22 heavy (non-hydrogen) atoms. The highest BCUT2D eigenvalue weighted by Crippen LogP contribution is 2.48. The average Bonchev–Trinajstić information content (AvgIpc) is 2.53. The molecule has 0 aliphatic heterocycles. The minimum absolute atomic E-state index is 0.141. The summed E-state index contributed by atoms with van der Waals surface area (Å²) in [4.78, 5) is 0. The highest BCUT2D eigenvalue weighted by Gasteiger charge is 2.44. The van der Waals surface area contributed by atoms with Crippen molar-refractivity contribution in [3.8, 4) is 0 Å². The Bertz CT molecular complexity index is 390. The minimum Gasteiger partial charge on any atom is -0.373 e. The van der Waals surface area contributed by atoms with Crippen LogP contribution in [0.1, 0.15) is 84.6 Å². The lowest BCUT2D eigenvalue weighted by Gasteiger charge is -2.46. The molecule has 1 aromatic rings. The van der Waals surface area contributed by atoms with Crippen LogP contribution in [0.5, 0.6) is 0 Å². The van der Waals surface area contributed by atoms with Crippen LogP contribution in [-0.4, -0.2) is 7.11 Å². The van der Waals surface area contributed by atoms with E-state index in [1.807, 2.05) is 7.11 Å². The molecule has 1 unspecified atom stereocenters. The zero-order valence-electron chi connectivity index (χ0n) is 15.5. The molecular formula is C21H36O. The second-order valence-electron chi connectivity index (χ2n) is 7.15. The van der Waals surface area contributed by atoms with E-state index in [9.17, 15) is 0 Å². The molecule has 0 saturated heterocycles. The van der Waals surface area contributed by atoms with E-state index in [0.29, 0.717) is 0 Å². The Labute approximate surface area is 138 Å². The monoisotopic (exact) mass is 304 g/mol. The summed E-state index contributed by atoms with van der Waals surface area (Å²) in [7, 11) is 1.87. The van der Waals surface area contributed by atoms with Gasteiger partial charge in [-0.3, -0.25) is 0 Å². The molecule has 0 aliphatic carbocycles. The van der Waals surface area contributed by atoms with E-state index in [1.54, 1.807) is 0 Å². The van der Waals surface area contributed by atoms with E-state index < -0.39 is 0 Å². The lowest BCUT2D eigenvalue weighted by Crippen LogP contribution is -2.43. The van der Waals surface area contributed by atoms with Crippen molar-refractivity contribution < 1.29 is 4.74 Å². The Kier molecular flexibility index (Phi) is 8.17. The summed E-state index contributed by atoms with van der Waals surface area (Å²) in [6, 6.07) is 10.8. The van der Waals surface area contributed by atoms with Gasteiger partial charge in [-0.1, -0.05) is 96.6 Å². The average molecular weight is 305 g/mol. The van der Waals surface area contributed by atoms with Gasteiger partial charge in [0.2, 0.25) is 0 Å². The summed E-state index contributed by atoms with van der Waals surface area (Å²) < 4.78 is 6.13. The predicted molar refractivity (Wildman–Crippen MR) is 97.2 cm³/mol. The first-order chi connectivity index (χ1) is 10.5. The molecule has 1 atom stereocenters. The van der Waals surface area contributed by atoms with E-state index in [0.717, 1.165) is 6.42 Å². The molecule has 0 heterocycles. The smallest absolute Gasteiger partial charge is 0.0975 e. The van der Waals surface area contributed by atoms with Crippen molar-refractivity contribution in [3.63, 3.8) is 0 Å². The highest BCUT2D eigenvalue weighted by molar-refractivity contribution is 5.25. The molecule has 0 aromatic heterocycles. The number of unbranched alkanes of at least 4 members (excludes halogenated alkanes) is 5. The maximum Gasteiger partial charge on any atom is 0.0975 e. The third-order valence-electron chi connectivity index (χ3n) is 5.34. The largest absolute Gasteiger partial charge is 0.373 e. The van der Waals surface area contributed by atoms with Crippen molar-refractivity contribution in [1.82, 2.24) is 0 Å². The third-order valence-corrected chi connectivity index (χ3v) is 5.34. The molecule has 0 fully saturated rings. The summed E-state index contributed by atoms with van der Waals surface area (Å²) in [5.74, 6) is 0. The Morgan fingerprint density at radius 3 is 2.00 bits per heavy atom. The molecule has 0 bridgehead atoms. The summed E-state index contributed by atoms with van der Waals surface area (Å²) in [5, 5.41) is 0. The van der Waals surface area contributed by atoms with Crippen LogP contribution >= 0.6 is 0 Å². The van der Waals surface area contributed by atoms with Gasteiger partial charge < -0.3 is 4.74 Å². The summed E-state index contributed by atoms with van der Waals surface area (Å²) >= 11 is 0. The Hall–Kier alpha value is -0.820. The normalized spacial score (nSPS) is 14.8. The zero-order valence-corrected chi connectivity index (χ0v) is 15.5. The molecule has 1 nitrogen and oxygen atoms in total. The number of hydrogen-bond acceptors (Lipinski definition) is 1. The van der Waals surface area contributed by atoms with Gasteiger partial charge in [-0.25, -0.2) is 0 Å². The maximum atomic E-state index is 6.13. The molecule has 0 spiro atoms. The minimum atomic E-state index is -0.183. The van der Waals surface area contributed by atoms with Crippen LogP contribution in [0.15, 0.2) is 30.3 Å². The van der Waals surface area contributed by atoms with Crippen LogP contribution in [0, 0.1) is 5.41 Å². The summed E-state index contributed by atoms with van der Waals surface area (Å²) in [5.41, 5.74) is 1.27. The van der Waals surface area contributed by atoms with Crippen molar-refractivity contribution in [1.29, 1.82) is 0 Å². The van der Waals surface area contributed by atoms with Gasteiger partial charge in [0, 0.05) is 7.11 Å². The molecule has 0 radical (unpaired) electrons. The van der Waals surface area contributed by atoms with E-state index in [4.69, 9.17) is 4.74 Å². The quantitative estimate of drug-likeness (QED) is 0.412. The fourth-order valence-corrected chi connectivity index (χ4v) is 3.87. The van der Waals surface area contributed by atoms with Crippen LogP contribution in [-0.2, 0) is 10.3 Å². The SMILES string of the molecule is CCCCCCCCC(C)(C)C(CC)(OC)c1ccccc1. The van der Waals surface area contributed by atoms with Crippen LogP contribution in [0.3, 0.4) is 0 Å². The van der Waals surface area contributed by atoms with Crippen LogP contribution in [0.4, 0.5) is 0 Å². The van der Waals surface area contributed by atoms with Crippen LogP contribution in [0.25, 0.3) is 0 Å². The lowest BCUT2D eigenvalue weighted by molar-refractivity contribution is -0.114. The first-order valence-corrected chi connectivity index (χ1v) is 9.14. The molecule has 1 heteroatoms. The Morgan fingerprint density at radius 1 is 0.864 bits per heavy atom. The molecule has 0 amide bonds.